The van der Waals surface area contributed by atoms with Gasteiger partial charge in [-0.1, -0.05) is 42.5 Å². The van der Waals surface area contributed by atoms with E-state index in [1.165, 1.54) is 18.2 Å². The Kier molecular flexibility index (Phi) is 6.36. The van der Waals surface area contributed by atoms with Gasteiger partial charge < -0.3 is 10.1 Å². The number of hydrogen-bond donors (Lipinski definition) is 1. The molecule has 3 aromatic rings. The van der Waals surface area contributed by atoms with Gasteiger partial charge in [-0.05, 0) is 45.3 Å². The van der Waals surface area contributed by atoms with Crippen molar-refractivity contribution in [2.75, 3.05) is 11.9 Å². The van der Waals surface area contributed by atoms with Crippen molar-refractivity contribution in [2.24, 2.45) is 0 Å². The lowest BCUT2D eigenvalue weighted by Gasteiger charge is -2.08. The number of carbonyl (C=O) groups is 2. The second-order valence-corrected chi connectivity index (χ2v) is 6.84. The summed E-state index contributed by atoms with van der Waals surface area (Å²) in [5, 5.41) is 13.3. The molecule has 3 aromatic carbocycles. The van der Waals surface area contributed by atoms with E-state index in [-0.39, 0.29) is 5.69 Å². The molecule has 7 nitrogen and oxygen atoms in total. The van der Waals surface area contributed by atoms with Crippen LogP contribution >= 0.6 is 15.9 Å². The van der Waals surface area contributed by atoms with Crippen LogP contribution in [0.25, 0.3) is 11.1 Å². The maximum absolute atomic E-state index is 12.1. The highest BCUT2D eigenvalue weighted by molar-refractivity contribution is 9.10. The monoisotopic (exact) mass is 454 g/mol. The third-order valence-corrected chi connectivity index (χ3v) is 4.66. The first-order valence-electron chi connectivity index (χ1n) is 8.50. The predicted octanol–water partition coefficient (Wildman–Crippen LogP) is 4.82. The van der Waals surface area contributed by atoms with Crippen molar-refractivity contribution in [1.82, 2.24) is 0 Å². The maximum atomic E-state index is 12.1. The molecule has 0 unspecified atom stereocenters. The van der Waals surface area contributed by atoms with Crippen molar-refractivity contribution in [3.8, 4) is 11.1 Å². The number of esters is 1. The molecule has 3 rings (SSSR count). The molecule has 0 saturated heterocycles. The third kappa shape index (κ3) is 5.26. The van der Waals surface area contributed by atoms with Crippen LogP contribution in [-0.4, -0.2) is 23.4 Å². The number of nitro benzene ring substituents is 1. The first kappa shape index (κ1) is 20.2. The molecule has 0 bridgehead atoms. The largest absolute Gasteiger partial charge is 0.452 e. The molecule has 0 aliphatic rings. The number of carbonyl (C=O) groups excluding carboxylic acids is 2. The van der Waals surface area contributed by atoms with Gasteiger partial charge in [0.25, 0.3) is 11.6 Å². The lowest BCUT2D eigenvalue weighted by Crippen LogP contribution is -2.21. The van der Waals surface area contributed by atoms with Crippen LogP contribution in [0.1, 0.15) is 10.4 Å². The number of benzene rings is 3. The minimum absolute atomic E-state index is 0.111. The van der Waals surface area contributed by atoms with Crippen LogP contribution in [-0.2, 0) is 9.53 Å². The molecule has 0 fully saturated rings. The van der Waals surface area contributed by atoms with E-state index in [0.717, 1.165) is 11.1 Å². The van der Waals surface area contributed by atoms with E-state index in [1.54, 1.807) is 24.3 Å². The number of anilines is 1. The number of hydrogen-bond acceptors (Lipinski definition) is 5. The van der Waals surface area contributed by atoms with E-state index >= 15 is 0 Å². The fourth-order valence-electron chi connectivity index (χ4n) is 2.55. The lowest BCUT2D eigenvalue weighted by molar-refractivity contribution is -0.384. The second kappa shape index (κ2) is 9.11. The zero-order valence-corrected chi connectivity index (χ0v) is 16.6. The summed E-state index contributed by atoms with van der Waals surface area (Å²) in [5.74, 6) is -1.18. The topological polar surface area (TPSA) is 98.5 Å². The Balaban J connectivity index is 1.56. The van der Waals surface area contributed by atoms with Crippen molar-refractivity contribution >= 4 is 39.2 Å². The highest BCUT2D eigenvalue weighted by Crippen LogP contribution is 2.27. The number of halogens is 1. The summed E-state index contributed by atoms with van der Waals surface area (Å²) in [6.45, 7) is -0.483. The quantitative estimate of drug-likeness (QED) is 0.327. The standard InChI is InChI=1S/C21H15BrN2O5/c22-18-12-17(24(27)28)10-11-19(18)23-20(25)13-29-21(26)16-8-6-15(7-9-16)14-4-2-1-3-5-14/h1-12H,13H2,(H,23,25). The Morgan fingerprint density at radius 2 is 1.62 bits per heavy atom. The fraction of sp³-hybridized carbons (Fsp3) is 0.0476. The predicted molar refractivity (Wildman–Crippen MR) is 112 cm³/mol. The van der Waals surface area contributed by atoms with Gasteiger partial charge in [0.15, 0.2) is 6.61 Å². The number of amides is 1. The number of rotatable bonds is 6. The number of nitro groups is 1. The van der Waals surface area contributed by atoms with E-state index in [1.807, 2.05) is 30.3 Å². The van der Waals surface area contributed by atoms with Gasteiger partial charge in [-0.25, -0.2) is 4.79 Å². The first-order valence-corrected chi connectivity index (χ1v) is 9.30. The Labute approximate surface area is 174 Å². The molecule has 0 atom stereocenters. The smallest absolute Gasteiger partial charge is 0.338 e. The van der Waals surface area contributed by atoms with Crippen LogP contribution < -0.4 is 5.32 Å². The highest BCUT2D eigenvalue weighted by atomic mass is 79.9. The number of non-ortho nitro benzene ring substituents is 1. The van der Waals surface area contributed by atoms with Crippen LogP contribution in [0.2, 0.25) is 0 Å². The minimum atomic E-state index is -0.623. The van der Waals surface area contributed by atoms with Crippen molar-refractivity contribution < 1.29 is 19.2 Å². The van der Waals surface area contributed by atoms with E-state index in [4.69, 9.17) is 4.74 Å². The summed E-state index contributed by atoms with van der Waals surface area (Å²) in [6, 6.07) is 20.5. The summed E-state index contributed by atoms with van der Waals surface area (Å²) in [5.41, 5.74) is 2.54. The molecule has 0 spiro atoms. The van der Waals surface area contributed by atoms with E-state index in [2.05, 4.69) is 21.2 Å². The van der Waals surface area contributed by atoms with Gasteiger partial charge in [-0.3, -0.25) is 14.9 Å². The van der Waals surface area contributed by atoms with Crippen molar-refractivity contribution in [3.63, 3.8) is 0 Å². The van der Waals surface area contributed by atoms with Crippen LogP contribution in [0.3, 0.4) is 0 Å². The van der Waals surface area contributed by atoms with Crippen LogP contribution in [0.15, 0.2) is 77.3 Å². The molecule has 1 N–H and O–H groups in total. The molecule has 0 heterocycles. The zero-order chi connectivity index (χ0) is 20.8. The van der Waals surface area contributed by atoms with Gasteiger partial charge in [-0.15, -0.1) is 0 Å². The summed E-state index contributed by atoms with van der Waals surface area (Å²) >= 11 is 3.16. The summed E-state index contributed by atoms with van der Waals surface area (Å²) in [7, 11) is 0. The van der Waals surface area contributed by atoms with E-state index < -0.39 is 23.4 Å². The van der Waals surface area contributed by atoms with Gasteiger partial charge >= 0.3 is 5.97 Å². The fourth-order valence-corrected chi connectivity index (χ4v) is 3.01. The van der Waals surface area contributed by atoms with Crippen molar-refractivity contribution in [3.05, 3.63) is 92.9 Å². The molecular formula is C21H15BrN2O5. The summed E-state index contributed by atoms with van der Waals surface area (Å²) in [4.78, 5) is 34.4. The number of nitrogens with one attached hydrogen (secondary N) is 1. The van der Waals surface area contributed by atoms with E-state index in [0.29, 0.717) is 15.7 Å². The van der Waals surface area contributed by atoms with Gasteiger partial charge in [0.2, 0.25) is 0 Å². The second-order valence-electron chi connectivity index (χ2n) is 5.99. The van der Waals surface area contributed by atoms with Crippen LogP contribution in [0, 0.1) is 10.1 Å². The highest BCUT2D eigenvalue weighted by Gasteiger charge is 2.14. The third-order valence-electron chi connectivity index (χ3n) is 4.00. The molecule has 146 valence electrons. The Morgan fingerprint density at radius 1 is 0.966 bits per heavy atom. The molecule has 0 aliphatic carbocycles. The SMILES string of the molecule is O=C(COC(=O)c1ccc(-c2ccccc2)cc1)Nc1ccc([N+](=O)[O-])cc1Br. The van der Waals surface area contributed by atoms with Crippen molar-refractivity contribution in [2.45, 2.75) is 0 Å². The molecule has 8 heteroatoms. The number of nitrogens with zero attached hydrogens (tertiary/aromatic N) is 1. The minimum Gasteiger partial charge on any atom is -0.452 e. The zero-order valence-electron chi connectivity index (χ0n) is 15.0. The normalized spacial score (nSPS) is 10.2. The molecule has 29 heavy (non-hydrogen) atoms. The van der Waals surface area contributed by atoms with Crippen LogP contribution in [0.5, 0.6) is 0 Å². The molecule has 0 saturated carbocycles. The van der Waals surface area contributed by atoms with Gasteiger partial charge in [0.1, 0.15) is 0 Å². The van der Waals surface area contributed by atoms with Crippen LogP contribution in [0.4, 0.5) is 11.4 Å². The Morgan fingerprint density at radius 3 is 2.24 bits per heavy atom. The van der Waals surface area contributed by atoms with Gasteiger partial charge in [-0.2, -0.15) is 0 Å². The van der Waals surface area contributed by atoms with Gasteiger partial charge in [0.05, 0.1) is 16.2 Å². The average Bonchev–Trinajstić information content (AvgIpc) is 2.74. The number of ether oxygens (including phenoxy) is 1. The molecule has 0 radical (unpaired) electrons. The molecule has 1 amide bonds. The van der Waals surface area contributed by atoms with Gasteiger partial charge in [0, 0.05) is 16.6 Å². The average molecular weight is 455 g/mol. The lowest BCUT2D eigenvalue weighted by atomic mass is 10.0. The first-order chi connectivity index (χ1) is 13.9. The molecular weight excluding hydrogens is 440 g/mol. The Hall–Kier alpha value is -3.52. The molecule has 0 aliphatic heterocycles. The maximum Gasteiger partial charge on any atom is 0.338 e. The molecule has 0 aromatic heterocycles. The van der Waals surface area contributed by atoms with E-state index in [9.17, 15) is 19.7 Å². The summed E-state index contributed by atoms with van der Waals surface area (Å²) < 4.78 is 5.38. The summed E-state index contributed by atoms with van der Waals surface area (Å²) in [6.07, 6.45) is 0. The Bertz CT molecular complexity index is 1050. The van der Waals surface area contributed by atoms with Crippen molar-refractivity contribution in [1.29, 1.82) is 0 Å².